The van der Waals surface area contributed by atoms with Gasteiger partial charge in [0.15, 0.2) is 0 Å². The Labute approximate surface area is 261 Å². The topological polar surface area (TPSA) is 13.1 Å². The van der Waals surface area contributed by atoms with Gasteiger partial charge in [0.25, 0.3) is 0 Å². The first-order valence-electron chi connectivity index (χ1n) is 15.4. The monoisotopic (exact) mass is 572 g/mol. The molecule has 0 unspecified atom stereocenters. The number of hydrogen-bond donors (Lipinski definition) is 0. The van der Waals surface area contributed by atoms with E-state index < -0.39 is 0 Å². The smallest absolute Gasteiger partial charge is 0.136 e. The van der Waals surface area contributed by atoms with Crippen LogP contribution in [-0.4, -0.2) is 0 Å². The second-order valence-electron chi connectivity index (χ2n) is 11.6. The van der Waals surface area contributed by atoms with Crippen molar-refractivity contribution in [2.45, 2.75) is 0 Å². The van der Waals surface area contributed by atoms with Crippen LogP contribution in [0.4, 0.5) is 0 Å². The maximum absolute atomic E-state index is 6.54. The van der Waals surface area contributed by atoms with Gasteiger partial charge in [0.05, 0.1) is 0 Å². The Bertz CT molecular complexity index is 2450. The Morgan fingerprint density at radius 2 is 0.733 bits per heavy atom. The Kier molecular flexibility index (Phi) is 5.89. The molecule has 0 atom stereocenters. The molecule has 1 aromatic heterocycles. The molecule has 0 aliphatic carbocycles. The number of furan rings is 1. The van der Waals surface area contributed by atoms with Gasteiger partial charge >= 0.3 is 0 Å². The average Bonchev–Trinajstić information content (AvgIpc) is 3.49. The molecule has 8 aromatic carbocycles. The predicted octanol–water partition coefficient (Wildman–Crippen LogP) is 12.6. The van der Waals surface area contributed by atoms with E-state index in [1.54, 1.807) is 0 Å². The lowest BCUT2D eigenvalue weighted by molar-refractivity contribution is 0.669. The largest absolute Gasteiger partial charge is 0.456 e. The van der Waals surface area contributed by atoms with Crippen LogP contribution in [0, 0.1) is 0 Å². The third-order valence-electron chi connectivity index (χ3n) is 9.06. The van der Waals surface area contributed by atoms with Gasteiger partial charge in [-0.2, -0.15) is 0 Å². The van der Waals surface area contributed by atoms with E-state index in [0.717, 1.165) is 27.5 Å². The van der Waals surface area contributed by atoms with Crippen LogP contribution >= 0.6 is 0 Å². The van der Waals surface area contributed by atoms with Crippen LogP contribution in [0.2, 0.25) is 0 Å². The van der Waals surface area contributed by atoms with Crippen molar-refractivity contribution < 1.29 is 4.42 Å². The van der Waals surface area contributed by atoms with Crippen LogP contribution < -0.4 is 0 Å². The molecule has 210 valence electrons. The molecule has 0 saturated heterocycles. The minimum Gasteiger partial charge on any atom is -0.456 e. The SMILES string of the molecule is c1ccc(-c2ccc(-c3c4ccccc4c(-c4cc(-c5ccccc5)c5c(c4)oc4ccccc45)c4ccccc34)cc2)cc1. The van der Waals surface area contributed by atoms with Crippen molar-refractivity contribution in [1.82, 2.24) is 0 Å². The summed E-state index contributed by atoms with van der Waals surface area (Å²) in [4.78, 5) is 0. The summed E-state index contributed by atoms with van der Waals surface area (Å²) in [6.07, 6.45) is 0. The van der Waals surface area contributed by atoms with Gasteiger partial charge in [-0.1, -0.05) is 152 Å². The molecule has 1 heteroatoms. The molecule has 0 N–H and O–H groups in total. The maximum atomic E-state index is 6.54. The molecule has 45 heavy (non-hydrogen) atoms. The summed E-state index contributed by atoms with van der Waals surface area (Å²) in [6, 6.07) is 60.9. The maximum Gasteiger partial charge on any atom is 0.136 e. The van der Waals surface area contributed by atoms with E-state index in [2.05, 4.69) is 164 Å². The van der Waals surface area contributed by atoms with Gasteiger partial charge in [-0.25, -0.2) is 0 Å². The number of para-hydroxylation sites is 1. The van der Waals surface area contributed by atoms with Crippen LogP contribution in [0.5, 0.6) is 0 Å². The van der Waals surface area contributed by atoms with E-state index in [1.165, 1.54) is 60.5 Å². The first-order valence-corrected chi connectivity index (χ1v) is 15.4. The van der Waals surface area contributed by atoms with Gasteiger partial charge in [-0.15, -0.1) is 0 Å². The van der Waals surface area contributed by atoms with Crippen molar-refractivity contribution in [1.29, 1.82) is 0 Å². The lowest BCUT2D eigenvalue weighted by atomic mass is 9.84. The van der Waals surface area contributed by atoms with Crippen LogP contribution in [0.1, 0.15) is 0 Å². The average molecular weight is 573 g/mol. The van der Waals surface area contributed by atoms with E-state index in [1.807, 2.05) is 6.07 Å². The fourth-order valence-electron chi connectivity index (χ4n) is 7.05. The first-order chi connectivity index (χ1) is 22.3. The highest BCUT2D eigenvalue weighted by molar-refractivity contribution is 6.23. The summed E-state index contributed by atoms with van der Waals surface area (Å²) in [5, 5.41) is 7.24. The predicted molar refractivity (Wildman–Crippen MR) is 190 cm³/mol. The van der Waals surface area contributed by atoms with Crippen molar-refractivity contribution in [2.75, 3.05) is 0 Å². The molecule has 1 nitrogen and oxygen atoms in total. The zero-order valence-electron chi connectivity index (χ0n) is 24.6. The zero-order valence-corrected chi connectivity index (χ0v) is 24.6. The van der Waals surface area contributed by atoms with Gasteiger partial charge < -0.3 is 4.42 Å². The van der Waals surface area contributed by atoms with Gasteiger partial charge in [0.1, 0.15) is 11.2 Å². The van der Waals surface area contributed by atoms with Gasteiger partial charge in [0.2, 0.25) is 0 Å². The highest BCUT2D eigenvalue weighted by Crippen LogP contribution is 2.46. The van der Waals surface area contributed by atoms with E-state index in [4.69, 9.17) is 4.42 Å². The summed E-state index contributed by atoms with van der Waals surface area (Å²) < 4.78 is 6.54. The standard InChI is InChI=1S/C44H28O/c1-3-13-29(14-4-1)30-23-25-32(26-24-30)42-34-17-7-9-19-36(34)43(37-20-10-8-18-35(37)42)33-27-39(31-15-5-2-6-16-31)44-38-21-11-12-22-40(38)45-41(44)28-33/h1-28H. The van der Waals surface area contributed by atoms with Crippen molar-refractivity contribution in [3.63, 3.8) is 0 Å². The summed E-state index contributed by atoms with van der Waals surface area (Å²) in [5.74, 6) is 0. The Hall–Kier alpha value is -5.92. The molecule has 0 radical (unpaired) electrons. The quantitative estimate of drug-likeness (QED) is 0.191. The number of rotatable bonds is 4. The highest BCUT2D eigenvalue weighted by Gasteiger charge is 2.20. The van der Waals surface area contributed by atoms with Crippen LogP contribution in [0.15, 0.2) is 174 Å². The molecule has 9 aromatic rings. The number of fused-ring (bicyclic) bond motifs is 5. The first kappa shape index (κ1) is 25.6. The van der Waals surface area contributed by atoms with Crippen molar-refractivity contribution in [3.05, 3.63) is 170 Å². The lowest BCUT2D eigenvalue weighted by Crippen LogP contribution is -1.92. The van der Waals surface area contributed by atoms with Crippen molar-refractivity contribution in [3.8, 4) is 44.5 Å². The highest BCUT2D eigenvalue weighted by atomic mass is 16.3. The van der Waals surface area contributed by atoms with E-state index in [0.29, 0.717) is 0 Å². The van der Waals surface area contributed by atoms with Gasteiger partial charge in [-0.3, -0.25) is 0 Å². The molecule has 0 amide bonds. The minimum atomic E-state index is 0.904. The molecule has 0 aliphatic heterocycles. The van der Waals surface area contributed by atoms with Crippen LogP contribution in [-0.2, 0) is 0 Å². The number of hydrogen-bond acceptors (Lipinski definition) is 1. The van der Waals surface area contributed by atoms with Crippen molar-refractivity contribution >= 4 is 43.5 Å². The second-order valence-corrected chi connectivity index (χ2v) is 11.6. The van der Waals surface area contributed by atoms with E-state index in [-0.39, 0.29) is 0 Å². The third kappa shape index (κ3) is 4.17. The summed E-state index contributed by atoms with van der Waals surface area (Å²) in [7, 11) is 0. The van der Waals surface area contributed by atoms with E-state index in [9.17, 15) is 0 Å². The third-order valence-corrected chi connectivity index (χ3v) is 9.06. The summed E-state index contributed by atoms with van der Waals surface area (Å²) in [6.45, 7) is 0. The van der Waals surface area contributed by atoms with Crippen LogP contribution in [0.3, 0.4) is 0 Å². The minimum absolute atomic E-state index is 0.904. The molecule has 0 spiro atoms. The van der Waals surface area contributed by atoms with E-state index >= 15 is 0 Å². The zero-order chi connectivity index (χ0) is 29.7. The molecule has 0 bridgehead atoms. The summed E-state index contributed by atoms with van der Waals surface area (Å²) in [5.41, 5.74) is 11.5. The summed E-state index contributed by atoms with van der Waals surface area (Å²) >= 11 is 0. The molecule has 0 saturated carbocycles. The van der Waals surface area contributed by atoms with Crippen LogP contribution in [0.25, 0.3) is 88.0 Å². The Morgan fingerprint density at radius 1 is 0.289 bits per heavy atom. The fourth-order valence-corrected chi connectivity index (χ4v) is 7.05. The molecule has 1 heterocycles. The second kappa shape index (κ2) is 10.4. The molecule has 9 rings (SSSR count). The molecule has 0 aliphatic rings. The molecular weight excluding hydrogens is 544 g/mol. The van der Waals surface area contributed by atoms with Crippen molar-refractivity contribution in [2.24, 2.45) is 0 Å². The Morgan fingerprint density at radius 3 is 1.33 bits per heavy atom. The lowest BCUT2D eigenvalue weighted by Gasteiger charge is -2.18. The fraction of sp³-hybridized carbons (Fsp3) is 0. The molecular formula is C44H28O. The number of benzene rings is 8. The molecule has 0 fully saturated rings. The Balaban J connectivity index is 1.34. The van der Waals surface area contributed by atoms with Gasteiger partial charge in [0, 0.05) is 10.8 Å². The normalized spacial score (nSPS) is 11.6. The van der Waals surface area contributed by atoms with Gasteiger partial charge in [-0.05, 0) is 84.3 Å².